The molecular formula is C22H31IN4O3. The van der Waals surface area contributed by atoms with Crippen molar-refractivity contribution in [3.63, 3.8) is 0 Å². The second-order valence-corrected chi connectivity index (χ2v) is 7.03. The molecule has 30 heavy (non-hydrogen) atoms. The second-order valence-electron chi connectivity index (χ2n) is 7.03. The van der Waals surface area contributed by atoms with Crippen LogP contribution in [0.25, 0.3) is 0 Å². The zero-order valence-corrected chi connectivity index (χ0v) is 19.8. The van der Waals surface area contributed by atoms with Crippen molar-refractivity contribution in [1.29, 1.82) is 0 Å². The molecule has 0 aliphatic carbocycles. The summed E-state index contributed by atoms with van der Waals surface area (Å²) in [7, 11) is 1.76. The lowest BCUT2D eigenvalue weighted by atomic mass is 10.1. The molecule has 1 saturated heterocycles. The van der Waals surface area contributed by atoms with Gasteiger partial charge in [0.1, 0.15) is 12.4 Å². The van der Waals surface area contributed by atoms with Gasteiger partial charge >= 0.3 is 0 Å². The molecule has 2 heterocycles. The molecule has 3 rings (SSSR count). The van der Waals surface area contributed by atoms with Crippen molar-refractivity contribution in [2.75, 3.05) is 26.7 Å². The van der Waals surface area contributed by atoms with Gasteiger partial charge in [0.05, 0.1) is 6.26 Å². The maximum Gasteiger partial charge on any atom is 0.222 e. The van der Waals surface area contributed by atoms with Crippen LogP contribution in [0, 0.1) is 0 Å². The van der Waals surface area contributed by atoms with Gasteiger partial charge in [0, 0.05) is 46.3 Å². The van der Waals surface area contributed by atoms with Crippen LogP contribution in [0.3, 0.4) is 0 Å². The van der Waals surface area contributed by atoms with Gasteiger partial charge in [-0.05, 0) is 36.1 Å². The van der Waals surface area contributed by atoms with Crippen molar-refractivity contribution >= 4 is 35.8 Å². The van der Waals surface area contributed by atoms with Crippen molar-refractivity contribution in [3.8, 4) is 0 Å². The third-order valence-corrected chi connectivity index (χ3v) is 4.90. The fraction of sp³-hybridized carbons (Fsp3) is 0.455. The number of furan rings is 1. The van der Waals surface area contributed by atoms with E-state index in [1.54, 1.807) is 13.3 Å². The number of halogens is 1. The monoisotopic (exact) mass is 526 g/mol. The number of rotatable bonds is 10. The number of nitrogens with zero attached hydrogens (tertiary/aromatic N) is 2. The number of hydrogen-bond acceptors (Lipinski definition) is 4. The van der Waals surface area contributed by atoms with Gasteiger partial charge in [-0.25, -0.2) is 0 Å². The highest BCUT2D eigenvalue weighted by atomic mass is 127. The van der Waals surface area contributed by atoms with E-state index in [4.69, 9.17) is 9.15 Å². The summed E-state index contributed by atoms with van der Waals surface area (Å²) in [4.78, 5) is 18.1. The first-order valence-corrected chi connectivity index (χ1v) is 10.2. The van der Waals surface area contributed by atoms with E-state index in [1.807, 2.05) is 29.2 Å². The van der Waals surface area contributed by atoms with E-state index in [1.165, 1.54) is 11.1 Å². The van der Waals surface area contributed by atoms with Crippen LogP contribution in [0.2, 0.25) is 0 Å². The van der Waals surface area contributed by atoms with Gasteiger partial charge in [-0.15, -0.1) is 24.0 Å². The Morgan fingerprint density at radius 2 is 2.03 bits per heavy atom. The summed E-state index contributed by atoms with van der Waals surface area (Å²) in [6.07, 6.45) is 4.15. The number of hydrogen-bond donors (Lipinski definition) is 2. The molecule has 7 nitrogen and oxygen atoms in total. The first-order valence-electron chi connectivity index (χ1n) is 10.2. The van der Waals surface area contributed by atoms with Gasteiger partial charge in [0.2, 0.25) is 5.91 Å². The maximum absolute atomic E-state index is 11.9. The highest BCUT2D eigenvalue weighted by Gasteiger charge is 2.20. The predicted molar refractivity (Wildman–Crippen MR) is 128 cm³/mol. The van der Waals surface area contributed by atoms with E-state index in [0.717, 1.165) is 37.7 Å². The molecule has 1 amide bonds. The van der Waals surface area contributed by atoms with Gasteiger partial charge in [-0.3, -0.25) is 9.79 Å². The molecule has 1 aromatic carbocycles. The van der Waals surface area contributed by atoms with Crippen LogP contribution in [-0.2, 0) is 29.2 Å². The van der Waals surface area contributed by atoms with Crippen LogP contribution in [-0.4, -0.2) is 43.5 Å². The molecule has 1 aliphatic heterocycles. The van der Waals surface area contributed by atoms with Crippen LogP contribution in [0.1, 0.15) is 36.1 Å². The van der Waals surface area contributed by atoms with E-state index in [0.29, 0.717) is 32.7 Å². The third kappa shape index (κ3) is 7.64. The minimum Gasteiger partial charge on any atom is -0.467 e. The normalized spacial score (nSPS) is 14.0. The van der Waals surface area contributed by atoms with Crippen molar-refractivity contribution < 1.29 is 13.9 Å². The van der Waals surface area contributed by atoms with Gasteiger partial charge in [0.15, 0.2) is 5.96 Å². The molecule has 1 fully saturated rings. The summed E-state index contributed by atoms with van der Waals surface area (Å²) < 4.78 is 10.8. The molecule has 0 atom stereocenters. The lowest BCUT2D eigenvalue weighted by molar-refractivity contribution is -0.128. The molecule has 0 spiro atoms. The van der Waals surface area contributed by atoms with Gasteiger partial charge in [-0.2, -0.15) is 0 Å². The van der Waals surface area contributed by atoms with Gasteiger partial charge < -0.3 is 24.7 Å². The van der Waals surface area contributed by atoms with Gasteiger partial charge in [-0.1, -0.05) is 24.3 Å². The van der Waals surface area contributed by atoms with Crippen LogP contribution in [0.15, 0.2) is 52.1 Å². The Bertz CT molecular complexity index is 795. The number of aliphatic imine (C=N–C) groups is 1. The molecule has 2 aromatic rings. The van der Waals surface area contributed by atoms with Crippen molar-refractivity contribution in [3.05, 3.63) is 59.5 Å². The summed E-state index contributed by atoms with van der Waals surface area (Å²) in [5, 5.41) is 6.66. The summed E-state index contributed by atoms with van der Waals surface area (Å²) >= 11 is 0. The van der Waals surface area contributed by atoms with E-state index in [2.05, 4.69) is 27.8 Å². The van der Waals surface area contributed by atoms with Crippen molar-refractivity contribution in [1.82, 2.24) is 15.5 Å². The largest absolute Gasteiger partial charge is 0.467 e. The van der Waals surface area contributed by atoms with Gasteiger partial charge in [0.25, 0.3) is 0 Å². The minimum atomic E-state index is 0. The van der Waals surface area contributed by atoms with E-state index >= 15 is 0 Å². The molecule has 0 saturated carbocycles. The summed E-state index contributed by atoms with van der Waals surface area (Å²) in [5.74, 6) is 1.84. The number of amides is 1. The molecule has 0 unspecified atom stereocenters. The topological polar surface area (TPSA) is 79.1 Å². The van der Waals surface area contributed by atoms with Crippen LogP contribution in [0.5, 0.6) is 0 Å². The first kappa shape index (κ1) is 24.2. The minimum absolute atomic E-state index is 0. The summed E-state index contributed by atoms with van der Waals surface area (Å²) in [5.41, 5.74) is 2.36. The molecule has 164 valence electrons. The Balaban J connectivity index is 0.00000320. The number of carbonyl (C=O) groups excluding carboxylic acids is 1. The highest BCUT2D eigenvalue weighted by Crippen LogP contribution is 2.17. The summed E-state index contributed by atoms with van der Waals surface area (Å²) in [6, 6.07) is 12.0. The number of nitrogens with one attached hydrogen (secondary N) is 2. The second kappa shape index (κ2) is 13.3. The molecule has 8 heteroatoms. The van der Waals surface area contributed by atoms with E-state index < -0.39 is 0 Å². The van der Waals surface area contributed by atoms with E-state index in [-0.39, 0.29) is 29.9 Å². The first-order chi connectivity index (χ1) is 14.3. The Kier molecular flexibility index (Phi) is 10.7. The average Bonchev–Trinajstić information content (AvgIpc) is 3.40. The lowest BCUT2D eigenvalue weighted by Gasteiger charge is -2.19. The zero-order valence-electron chi connectivity index (χ0n) is 17.4. The molecule has 1 aliphatic rings. The quantitative estimate of drug-likeness (QED) is 0.215. The number of likely N-dealkylation sites (tertiary alicyclic amines) is 1. The SMILES string of the molecule is CN=C(NCCCOCc1ccco1)NCc1ccccc1CN1CCCC1=O.I. The van der Waals surface area contributed by atoms with Crippen LogP contribution < -0.4 is 10.6 Å². The number of benzene rings is 1. The summed E-state index contributed by atoms with van der Waals surface area (Å²) in [6.45, 7) is 4.10. The van der Waals surface area contributed by atoms with Crippen molar-refractivity contribution in [2.24, 2.45) is 4.99 Å². The van der Waals surface area contributed by atoms with Crippen molar-refractivity contribution in [2.45, 2.75) is 39.0 Å². The third-order valence-electron chi connectivity index (χ3n) is 4.90. The molecule has 1 aromatic heterocycles. The maximum atomic E-state index is 11.9. The van der Waals surface area contributed by atoms with Crippen LogP contribution >= 0.6 is 24.0 Å². The highest BCUT2D eigenvalue weighted by molar-refractivity contribution is 14.0. The fourth-order valence-corrected chi connectivity index (χ4v) is 3.31. The number of ether oxygens (including phenoxy) is 1. The smallest absolute Gasteiger partial charge is 0.222 e. The average molecular weight is 526 g/mol. The zero-order chi connectivity index (χ0) is 20.3. The van der Waals surface area contributed by atoms with Crippen LogP contribution in [0.4, 0.5) is 0 Å². The Morgan fingerprint density at radius 3 is 2.73 bits per heavy atom. The standard InChI is InChI=1S/C22H30N4O3.HI/c1-23-22(24-11-6-13-28-17-20-9-5-14-29-20)25-15-18-7-2-3-8-19(18)16-26-12-4-10-21(26)27;/h2-3,5,7-9,14H,4,6,10-13,15-17H2,1H3,(H2,23,24,25);1H. The van der Waals surface area contributed by atoms with E-state index in [9.17, 15) is 4.79 Å². The Morgan fingerprint density at radius 1 is 1.20 bits per heavy atom. The predicted octanol–water partition coefficient (Wildman–Crippen LogP) is 3.29. The molecule has 0 bridgehead atoms. The number of carbonyl (C=O) groups is 1. The lowest BCUT2D eigenvalue weighted by Crippen LogP contribution is -2.38. The number of guanidine groups is 1. The Labute approximate surface area is 195 Å². The Hall–Kier alpha value is -2.07. The fourth-order valence-electron chi connectivity index (χ4n) is 3.31. The molecule has 0 radical (unpaired) electrons. The molecular weight excluding hydrogens is 495 g/mol. The molecule has 2 N–H and O–H groups in total.